The Morgan fingerprint density at radius 3 is 2.81 bits per heavy atom. The van der Waals surface area contributed by atoms with Crippen LogP contribution in [0.15, 0.2) is 29.2 Å². The van der Waals surface area contributed by atoms with Crippen molar-refractivity contribution in [3.63, 3.8) is 0 Å². The van der Waals surface area contributed by atoms with Crippen LogP contribution in [0, 0.1) is 0 Å². The summed E-state index contributed by atoms with van der Waals surface area (Å²) in [4.78, 5) is 4.15. The van der Waals surface area contributed by atoms with Crippen LogP contribution in [-0.4, -0.2) is 41.3 Å². The molecule has 16 heavy (non-hydrogen) atoms. The van der Waals surface area contributed by atoms with Gasteiger partial charge in [0.25, 0.3) is 0 Å². The molecule has 0 amide bonds. The molecule has 2 heterocycles. The monoisotopic (exact) mass is 251 g/mol. The van der Waals surface area contributed by atoms with Crippen LogP contribution in [-0.2, 0) is 6.42 Å². The summed E-state index contributed by atoms with van der Waals surface area (Å²) in [7, 11) is 0. The molecule has 1 atom stereocenters. The molecule has 1 unspecified atom stereocenters. The van der Waals surface area contributed by atoms with Gasteiger partial charge in [0.05, 0.1) is 0 Å². The zero-order valence-corrected chi connectivity index (χ0v) is 11.0. The molecule has 1 fully saturated rings. The summed E-state index contributed by atoms with van der Waals surface area (Å²) in [6.07, 6.45) is 1.27. The highest BCUT2D eigenvalue weighted by Gasteiger charge is 2.24. The highest BCUT2D eigenvalue weighted by Crippen LogP contribution is 2.37. The zero-order chi connectivity index (χ0) is 10.8. The summed E-state index contributed by atoms with van der Waals surface area (Å²) in [5, 5.41) is 0.792. The van der Waals surface area contributed by atoms with Crippen LogP contribution in [0.4, 0.5) is 0 Å². The zero-order valence-electron chi connectivity index (χ0n) is 9.39. The summed E-state index contributed by atoms with van der Waals surface area (Å²) in [6, 6.07) is 8.88. The van der Waals surface area contributed by atoms with Crippen molar-refractivity contribution in [1.29, 1.82) is 0 Å². The maximum atomic E-state index is 2.64. The molecule has 0 aliphatic carbocycles. The Labute approximate surface area is 106 Å². The molecule has 2 aliphatic rings. The van der Waals surface area contributed by atoms with Gasteiger partial charge in [-0.15, -0.1) is 11.8 Å². The molecule has 1 saturated heterocycles. The molecule has 0 saturated carbocycles. The molecule has 2 aliphatic heterocycles. The maximum Gasteiger partial charge on any atom is 0.0263 e. The number of hydrogen-bond donors (Lipinski definition) is 0. The van der Waals surface area contributed by atoms with Gasteiger partial charge in [-0.2, -0.15) is 11.8 Å². The smallest absolute Gasteiger partial charge is 0.0263 e. The molecule has 3 rings (SSSR count). The molecule has 0 radical (unpaired) electrons. The quantitative estimate of drug-likeness (QED) is 0.796. The van der Waals surface area contributed by atoms with E-state index in [1.807, 2.05) is 0 Å². The average Bonchev–Trinajstić information content (AvgIpc) is 2.72. The second-order valence-electron chi connectivity index (χ2n) is 4.46. The number of nitrogens with zero attached hydrogens (tertiary/aromatic N) is 1. The molecule has 0 N–H and O–H groups in total. The first kappa shape index (κ1) is 11.0. The van der Waals surface area contributed by atoms with Gasteiger partial charge in [-0.05, 0) is 18.1 Å². The van der Waals surface area contributed by atoms with Gasteiger partial charge in [-0.25, -0.2) is 0 Å². The second-order valence-corrected chi connectivity index (χ2v) is 7.03. The number of fused-ring (bicyclic) bond motifs is 1. The molecular weight excluding hydrogens is 234 g/mol. The van der Waals surface area contributed by atoms with Gasteiger partial charge in [0.1, 0.15) is 0 Å². The van der Waals surface area contributed by atoms with Gasteiger partial charge in [0.15, 0.2) is 0 Å². The Balaban J connectivity index is 1.59. The fourth-order valence-corrected chi connectivity index (χ4v) is 4.77. The van der Waals surface area contributed by atoms with E-state index in [1.54, 1.807) is 5.56 Å². The summed E-state index contributed by atoms with van der Waals surface area (Å²) >= 11 is 4.18. The van der Waals surface area contributed by atoms with Crippen molar-refractivity contribution in [2.75, 3.05) is 31.1 Å². The number of benzene rings is 1. The lowest BCUT2D eigenvalue weighted by Gasteiger charge is -2.28. The molecule has 86 valence electrons. The van der Waals surface area contributed by atoms with E-state index in [4.69, 9.17) is 0 Å². The number of hydrogen-bond acceptors (Lipinski definition) is 3. The van der Waals surface area contributed by atoms with Crippen molar-refractivity contribution < 1.29 is 0 Å². The van der Waals surface area contributed by atoms with Crippen LogP contribution >= 0.6 is 23.5 Å². The first-order chi connectivity index (χ1) is 7.92. The third-order valence-corrected chi connectivity index (χ3v) is 5.52. The van der Waals surface area contributed by atoms with E-state index in [-0.39, 0.29) is 0 Å². The third kappa shape index (κ3) is 2.41. The van der Waals surface area contributed by atoms with Crippen molar-refractivity contribution in [2.24, 2.45) is 0 Å². The molecule has 1 aromatic rings. The van der Waals surface area contributed by atoms with Gasteiger partial charge in [-0.1, -0.05) is 18.2 Å². The molecule has 0 bridgehead atoms. The Morgan fingerprint density at radius 1 is 1.19 bits per heavy atom. The van der Waals surface area contributed by atoms with E-state index >= 15 is 0 Å². The molecule has 0 aromatic heterocycles. The van der Waals surface area contributed by atoms with Crippen molar-refractivity contribution in [1.82, 2.24) is 4.90 Å². The minimum Gasteiger partial charge on any atom is -0.301 e. The van der Waals surface area contributed by atoms with Crippen LogP contribution in [0.1, 0.15) is 5.56 Å². The highest BCUT2D eigenvalue weighted by atomic mass is 32.2. The first-order valence-electron chi connectivity index (χ1n) is 5.96. The lowest BCUT2D eigenvalue weighted by molar-refractivity contribution is 0.303. The topological polar surface area (TPSA) is 3.24 Å². The number of rotatable bonds is 2. The van der Waals surface area contributed by atoms with Crippen LogP contribution in [0.3, 0.4) is 0 Å². The predicted molar refractivity (Wildman–Crippen MR) is 73.6 cm³/mol. The van der Waals surface area contributed by atoms with Crippen LogP contribution < -0.4 is 0 Å². The third-order valence-electron chi connectivity index (χ3n) is 3.28. The fraction of sp³-hybridized carbons (Fsp3) is 0.538. The summed E-state index contributed by atoms with van der Waals surface area (Å²) in [5.41, 5.74) is 1.56. The molecule has 1 nitrogen and oxygen atoms in total. The van der Waals surface area contributed by atoms with Gasteiger partial charge in [0.2, 0.25) is 0 Å². The Hall–Kier alpha value is -0.120. The fourth-order valence-electron chi connectivity index (χ4n) is 2.43. The Morgan fingerprint density at radius 2 is 2.00 bits per heavy atom. The van der Waals surface area contributed by atoms with Crippen LogP contribution in [0.2, 0.25) is 0 Å². The van der Waals surface area contributed by atoms with E-state index in [2.05, 4.69) is 52.7 Å². The van der Waals surface area contributed by atoms with Gasteiger partial charge in [-0.3, -0.25) is 0 Å². The van der Waals surface area contributed by atoms with E-state index in [9.17, 15) is 0 Å². The van der Waals surface area contributed by atoms with Gasteiger partial charge in [0, 0.05) is 41.3 Å². The standard InChI is InChI=1S/C13H17NS2/c1-2-4-13-11(3-1)9-12(16-13)10-14-5-7-15-8-6-14/h1-4,12H,5-10H2. The summed E-state index contributed by atoms with van der Waals surface area (Å²) < 4.78 is 0. The van der Waals surface area contributed by atoms with Gasteiger partial charge < -0.3 is 4.90 Å². The second kappa shape index (κ2) is 5.03. The SMILES string of the molecule is c1ccc2c(c1)CC(CN1CCSCC1)S2. The van der Waals surface area contributed by atoms with Crippen molar-refractivity contribution in [2.45, 2.75) is 16.6 Å². The lowest BCUT2D eigenvalue weighted by Crippen LogP contribution is -2.37. The Bertz CT molecular complexity index is 336. The maximum absolute atomic E-state index is 2.64. The Kier molecular flexibility index (Phi) is 3.46. The number of thioether (sulfide) groups is 2. The van der Waals surface area contributed by atoms with E-state index < -0.39 is 0 Å². The van der Waals surface area contributed by atoms with Gasteiger partial charge >= 0.3 is 0 Å². The normalized spacial score (nSPS) is 25.6. The van der Waals surface area contributed by atoms with E-state index in [1.165, 1.54) is 42.5 Å². The van der Waals surface area contributed by atoms with Crippen molar-refractivity contribution >= 4 is 23.5 Å². The van der Waals surface area contributed by atoms with E-state index in [0.717, 1.165) is 5.25 Å². The molecule has 0 spiro atoms. The summed E-state index contributed by atoms with van der Waals surface area (Å²) in [5.74, 6) is 2.65. The molecular formula is C13H17NS2. The molecule has 1 aromatic carbocycles. The van der Waals surface area contributed by atoms with Crippen molar-refractivity contribution in [3.8, 4) is 0 Å². The highest BCUT2D eigenvalue weighted by molar-refractivity contribution is 8.00. The molecule has 3 heteroatoms. The largest absolute Gasteiger partial charge is 0.301 e. The lowest BCUT2D eigenvalue weighted by atomic mass is 10.1. The minimum absolute atomic E-state index is 0.792. The van der Waals surface area contributed by atoms with E-state index in [0.29, 0.717) is 0 Å². The van der Waals surface area contributed by atoms with Crippen LogP contribution in [0.5, 0.6) is 0 Å². The van der Waals surface area contributed by atoms with Crippen molar-refractivity contribution in [3.05, 3.63) is 29.8 Å². The first-order valence-corrected chi connectivity index (χ1v) is 8.00. The predicted octanol–water partition coefficient (Wildman–Crippen LogP) is 2.75. The average molecular weight is 251 g/mol. The van der Waals surface area contributed by atoms with Crippen LogP contribution in [0.25, 0.3) is 0 Å². The minimum atomic E-state index is 0.792. The summed E-state index contributed by atoms with van der Waals surface area (Å²) in [6.45, 7) is 3.86.